The molecule has 0 aromatic rings. The van der Waals surface area contributed by atoms with Gasteiger partial charge in [0, 0.05) is 13.0 Å². The smallest absolute Gasteiger partial charge is 0.323 e. The zero-order valence-corrected chi connectivity index (χ0v) is 8.24. The van der Waals surface area contributed by atoms with Crippen LogP contribution >= 0.6 is 0 Å². The molecule has 0 bridgehead atoms. The first-order chi connectivity index (χ1) is 6.17. The van der Waals surface area contributed by atoms with Crippen molar-refractivity contribution in [1.82, 2.24) is 0 Å². The second-order valence-electron chi connectivity index (χ2n) is 2.79. The molecule has 0 aliphatic heterocycles. The topological polar surface area (TPSA) is 59.3 Å². The maximum absolute atomic E-state index is 11.2. The average Bonchev–Trinajstić information content (AvgIpc) is 2.06. The van der Waals surface area contributed by atoms with Crippen molar-refractivity contribution in [3.8, 4) is 6.07 Å². The molecule has 4 nitrogen and oxygen atoms in total. The molecular weight excluding hydrogens is 170 g/mol. The van der Waals surface area contributed by atoms with E-state index < -0.39 is 11.9 Å². The lowest BCUT2D eigenvalue weighted by Crippen LogP contribution is -2.25. The Morgan fingerprint density at radius 2 is 2.23 bits per heavy atom. The molecule has 0 aromatic carbocycles. The molecule has 0 heterocycles. The average molecular weight is 185 g/mol. The molecule has 0 aliphatic rings. The second-order valence-corrected chi connectivity index (χ2v) is 2.79. The minimum absolute atomic E-state index is 0.131. The molecule has 13 heavy (non-hydrogen) atoms. The van der Waals surface area contributed by atoms with Gasteiger partial charge in [0.25, 0.3) is 0 Å². The van der Waals surface area contributed by atoms with Gasteiger partial charge in [-0.05, 0) is 6.92 Å². The molecule has 74 valence electrons. The van der Waals surface area contributed by atoms with E-state index in [1.807, 2.05) is 6.07 Å². The summed E-state index contributed by atoms with van der Waals surface area (Å²) in [6.45, 7) is 4.19. The lowest BCUT2D eigenvalue weighted by Gasteiger charge is -2.14. The van der Waals surface area contributed by atoms with E-state index in [-0.39, 0.29) is 5.92 Å². The molecule has 0 fully saturated rings. The van der Waals surface area contributed by atoms with Crippen LogP contribution in [-0.4, -0.2) is 26.3 Å². The van der Waals surface area contributed by atoms with E-state index in [0.29, 0.717) is 13.2 Å². The standard InChI is InChI=1S/C9H15NO3/c1-4-13-9(11)8(5-10)7(2)6-12-3/h7-8H,4,6H2,1-3H3. The van der Waals surface area contributed by atoms with Crippen molar-refractivity contribution >= 4 is 5.97 Å². The van der Waals surface area contributed by atoms with Gasteiger partial charge in [-0.2, -0.15) is 5.26 Å². The van der Waals surface area contributed by atoms with Crippen LogP contribution in [0.1, 0.15) is 13.8 Å². The minimum Gasteiger partial charge on any atom is -0.465 e. The normalized spacial score (nSPS) is 14.3. The van der Waals surface area contributed by atoms with Crippen LogP contribution in [0.5, 0.6) is 0 Å². The number of methoxy groups -OCH3 is 1. The van der Waals surface area contributed by atoms with E-state index >= 15 is 0 Å². The fourth-order valence-corrected chi connectivity index (χ4v) is 1.00. The van der Waals surface area contributed by atoms with Gasteiger partial charge in [0.2, 0.25) is 0 Å². The number of nitriles is 1. The van der Waals surface area contributed by atoms with E-state index in [0.717, 1.165) is 0 Å². The predicted molar refractivity (Wildman–Crippen MR) is 46.8 cm³/mol. The van der Waals surface area contributed by atoms with Crippen LogP contribution in [0.2, 0.25) is 0 Å². The lowest BCUT2D eigenvalue weighted by molar-refractivity contribution is -0.148. The lowest BCUT2D eigenvalue weighted by atomic mass is 9.96. The zero-order valence-electron chi connectivity index (χ0n) is 8.24. The first kappa shape index (κ1) is 11.9. The van der Waals surface area contributed by atoms with Crippen LogP contribution < -0.4 is 0 Å². The highest BCUT2D eigenvalue weighted by Gasteiger charge is 2.25. The van der Waals surface area contributed by atoms with E-state index in [2.05, 4.69) is 0 Å². The van der Waals surface area contributed by atoms with Crippen LogP contribution in [0.4, 0.5) is 0 Å². The summed E-state index contributed by atoms with van der Waals surface area (Å²) < 4.78 is 9.60. The van der Waals surface area contributed by atoms with Crippen molar-refractivity contribution in [3.63, 3.8) is 0 Å². The van der Waals surface area contributed by atoms with Gasteiger partial charge in [0.1, 0.15) is 5.92 Å². The van der Waals surface area contributed by atoms with Crippen molar-refractivity contribution in [2.45, 2.75) is 13.8 Å². The Hall–Kier alpha value is -1.08. The quantitative estimate of drug-likeness (QED) is 0.599. The fourth-order valence-electron chi connectivity index (χ4n) is 1.00. The monoisotopic (exact) mass is 185 g/mol. The Morgan fingerprint density at radius 1 is 1.62 bits per heavy atom. The Balaban J connectivity index is 4.17. The summed E-state index contributed by atoms with van der Waals surface area (Å²) in [5.41, 5.74) is 0. The third kappa shape index (κ3) is 3.90. The number of carbonyl (C=O) groups is 1. The van der Waals surface area contributed by atoms with Crippen LogP contribution in [0.25, 0.3) is 0 Å². The van der Waals surface area contributed by atoms with Gasteiger partial charge in [-0.1, -0.05) is 6.92 Å². The Bertz CT molecular complexity index is 198. The van der Waals surface area contributed by atoms with Crippen molar-refractivity contribution in [2.24, 2.45) is 11.8 Å². The summed E-state index contributed by atoms with van der Waals surface area (Å²) in [6.07, 6.45) is 0. The van der Waals surface area contributed by atoms with Gasteiger partial charge in [0.15, 0.2) is 0 Å². The Labute approximate surface area is 78.4 Å². The number of ether oxygens (including phenoxy) is 2. The molecule has 0 spiro atoms. The fraction of sp³-hybridized carbons (Fsp3) is 0.778. The molecule has 2 atom stereocenters. The molecule has 0 amide bonds. The number of hydrogen-bond donors (Lipinski definition) is 0. The first-order valence-corrected chi connectivity index (χ1v) is 4.22. The van der Waals surface area contributed by atoms with Crippen molar-refractivity contribution < 1.29 is 14.3 Å². The van der Waals surface area contributed by atoms with E-state index in [4.69, 9.17) is 14.7 Å². The van der Waals surface area contributed by atoms with Gasteiger partial charge >= 0.3 is 5.97 Å². The third-order valence-corrected chi connectivity index (χ3v) is 1.68. The van der Waals surface area contributed by atoms with Gasteiger partial charge in [-0.15, -0.1) is 0 Å². The number of carbonyl (C=O) groups excluding carboxylic acids is 1. The summed E-state index contributed by atoms with van der Waals surface area (Å²) in [5, 5.41) is 8.71. The molecule has 0 radical (unpaired) electrons. The van der Waals surface area contributed by atoms with Crippen molar-refractivity contribution in [1.29, 1.82) is 5.26 Å². The third-order valence-electron chi connectivity index (χ3n) is 1.68. The zero-order chi connectivity index (χ0) is 10.3. The first-order valence-electron chi connectivity index (χ1n) is 4.22. The van der Waals surface area contributed by atoms with Crippen LogP contribution in [-0.2, 0) is 14.3 Å². The predicted octanol–water partition coefficient (Wildman–Crippen LogP) is 0.972. The number of esters is 1. The molecule has 4 heteroatoms. The minimum atomic E-state index is -0.722. The summed E-state index contributed by atoms with van der Waals surface area (Å²) in [6, 6.07) is 1.92. The van der Waals surface area contributed by atoms with Crippen LogP contribution in [0, 0.1) is 23.2 Å². The number of hydrogen-bond acceptors (Lipinski definition) is 4. The van der Waals surface area contributed by atoms with Crippen LogP contribution in [0.15, 0.2) is 0 Å². The van der Waals surface area contributed by atoms with Crippen molar-refractivity contribution in [2.75, 3.05) is 20.3 Å². The van der Waals surface area contributed by atoms with Gasteiger partial charge in [-0.25, -0.2) is 0 Å². The molecule has 0 aliphatic carbocycles. The van der Waals surface area contributed by atoms with Gasteiger partial charge in [-0.3, -0.25) is 4.79 Å². The summed E-state index contributed by atoms with van der Waals surface area (Å²) in [7, 11) is 1.54. The SMILES string of the molecule is CCOC(=O)C(C#N)C(C)COC. The van der Waals surface area contributed by atoms with Gasteiger partial charge in [0.05, 0.1) is 19.3 Å². The second kappa shape index (κ2) is 6.44. The summed E-state index contributed by atoms with van der Waals surface area (Å²) in [4.78, 5) is 11.2. The molecule has 2 unspecified atom stereocenters. The molecule has 0 saturated carbocycles. The highest BCUT2D eigenvalue weighted by Crippen LogP contribution is 2.12. The van der Waals surface area contributed by atoms with E-state index in [9.17, 15) is 4.79 Å². The maximum Gasteiger partial charge on any atom is 0.323 e. The van der Waals surface area contributed by atoms with Gasteiger partial charge < -0.3 is 9.47 Å². The number of rotatable bonds is 5. The van der Waals surface area contributed by atoms with Crippen molar-refractivity contribution in [3.05, 3.63) is 0 Å². The number of nitrogens with zero attached hydrogens (tertiary/aromatic N) is 1. The van der Waals surface area contributed by atoms with E-state index in [1.165, 1.54) is 7.11 Å². The maximum atomic E-state index is 11.2. The summed E-state index contributed by atoms with van der Waals surface area (Å²) >= 11 is 0. The van der Waals surface area contributed by atoms with Crippen LogP contribution in [0.3, 0.4) is 0 Å². The Kier molecular flexibility index (Phi) is 5.90. The largest absolute Gasteiger partial charge is 0.465 e. The molecule has 0 N–H and O–H groups in total. The molecule has 0 rings (SSSR count). The Morgan fingerprint density at radius 3 is 2.62 bits per heavy atom. The molecule has 0 saturated heterocycles. The highest BCUT2D eigenvalue weighted by molar-refractivity contribution is 5.75. The molecular formula is C9H15NO3. The summed E-state index contributed by atoms with van der Waals surface area (Å²) in [5.74, 6) is -1.32. The highest BCUT2D eigenvalue weighted by atomic mass is 16.5. The molecule has 0 aromatic heterocycles. The van der Waals surface area contributed by atoms with E-state index in [1.54, 1.807) is 13.8 Å².